The van der Waals surface area contributed by atoms with Crippen LogP contribution in [0.15, 0.2) is 29.5 Å². The normalized spacial score (nSPS) is 17.2. The molecule has 17 heavy (non-hydrogen) atoms. The van der Waals surface area contributed by atoms with Crippen molar-refractivity contribution in [2.75, 3.05) is 0 Å². The average molecular weight is 324 g/mol. The first-order valence-corrected chi connectivity index (χ1v) is 6.91. The zero-order chi connectivity index (χ0) is 13.3. The smallest absolute Gasteiger partial charge is 0.219 e. The Bertz CT molecular complexity index is 516. The van der Waals surface area contributed by atoms with Crippen molar-refractivity contribution < 1.29 is 12.8 Å². The van der Waals surface area contributed by atoms with Gasteiger partial charge in [0.05, 0.1) is 4.47 Å². The molecule has 1 aromatic heterocycles. The SMILES string of the molecule is C=C[C@H]([C@](C)(F)c1ncc(Br)cn1)S(N)(=O)=O. The third-order valence-electron chi connectivity index (χ3n) is 2.16. The van der Waals surface area contributed by atoms with Gasteiger partial charge in [0.2, 0.25) is 10.0 Å². The molecule has 0 saturated carbocycles. The molecule has 1 aromatic rings. The molecule has 0 bridgehead atoms. The third-order valence-corrected chi connectivity index (χ3v) is 3.91. The fourth-order valence-electron chi connectivity index (χ4n) is 1.36. The molecule has 0 aromatic carbocycles. The molecule has 0 aliphatic carbocycles. The maximum Gasteiger partial charge on any atom is 0.219 e. The average Bonchev–Trinajstić information content (AvgIpc) is 2.16. The Morgan fingerprint density at radius 1 is 1.59 bits per heavy atom. The summed E-state index contributed by atoms with van der Waals surface area (Å²) in [6.45, 7) is 4.32. The lowest BCUT2D eigenvalue weighted by molar-refractivity contribution is 0.185. The lowest BCUT2D eigenvalue weighted by Crippen LogP contribution is -2.42. The zero-order valence-electron chi connectivity index (χ0n) is 8.97. The predicted molar refractivity (Wildman–Crippen MR) is 65.3 cm³/mol. The maximum absolute atomic E-state index is 14.4. The molecule has 1 rings (SSSR count). The van der Waals surface area contributed by atoms with Crippen molar-refractivity contribution in [2.45, 2.75) is 17.8 Å². The van der Waals surface area contributed by atoms with Crippen molar-refractivity contribution in [1.29, 1.82) is 0 Å². The largest absolute Gasteiger partial charge is 0.237 e. The minimum atomic E-state index is -4.12. The van der Waals surface area contributed by atoms with Crippen LogP contribution in [0.1, 0.15) is 12.7 Å². The van der Waals surface area contributed by atoms with Crippen LogP contribution in [0.2, 0.25) is 0 Å². The molecule has 0 unspecified atom stereocenters. The van der Waals surface area contributed by atoms with E-state index in [1.165, 1.54) is 12.4 Å². The first-order chi connectivity index (χ1) is 7.69. The van der Waals surface area contributed by atoms with Crippen LogP contribution in [0.5, 0.6) is 0 Å². The molecule has 94 valence electrons. The molecule has 1 heterocycles. The molecule has 2 atom stereocenters. The summed E-state index contributed by atoms with van der Waals surface area (Å²) in [6.07, 6.45) is 3.58. The Morgan fingerprint density at radius 3 is 2.41 bits per heavy atom. The van der Waals surface area contributed by atoms with E-state index in [2.05, 4.69) is 32.5 Å². The number of halogens is 2. The van der Waals surface area contributed by atoms with Crippen LogP contribution >= 0.6 is 15.9 Å². The van der Waals surface area contributed by atoms with Gasteiger partial charge in [0.15, 0.2) is 11.5 Å². The Hall–Kier alpha value is -0.860. The highest BCUT2D eigenvalue weighted by Gasteiger charge is 2.43. The van der Waals surface area contributed by atoms with Gasteiger partial charge in [0.1, 0.15) is 5.25 Å². The summed E-state index contributed by atoms with van der Waals surface area (Å²) in [5.74, 6) is -0.264. The van der Waals surface area contributed by atoms with Gasteiger partial charge in [-0.25, -0.2) is 27.9 Å². The van der Waals surface area contributed by atoms with E-state index in [1.54, 1.807) is 0 Å². The van der Waals surface area contributed by atoms with Crippen LogP contribution < -0.4 is 5.14 Å². The Labute approximate surface area is 107 Å². The quantitative estimate of drug-likeness (QED) is 0.845. The van der Waals surface area contributed by atoms with Gasteiger partial charge in [-0.1, -0.05) is 6.08 Å². The van der Waals surface area contributed by atoms with Gasteiger partial charge in [-0.15, -0.1) is 6.58 Å². The van der Waals surface area contributed by atoms with Gasteiger partial charge in [0.25, 0.3) is 0 Å². The van der Waals surface area contributed by atoms with Crippen LogP contribution in [0.4, 0.5) is 4.39 Å². The van der Waals surface area contributed by atoms with Gasteiger partial charge in [-0.3, -0.25) is 0 Å². The Morgan fingerprint density at radius 2 is 2.06 bits per heavy atom. The van der Waals surface area contributed by atoms with Gasteiger partial charge in [0, 0.05) is 12.4 Å². The van der Waals surface area contributed by atoms with E-state index in [1.807, 2.05) is 0 Å². The molecular formula is C9H11BrFN3O2S. The fourth-order valence-corrected chi connectivity index (χ4v) is 2.55. The van der Waals surface area contributed by atoms with Crippen LogP contribution in [-0.4, -0.2) is 23.6 Å². The summed E-state index contributed by atoms with van der Waals surface area (Å²) in [4.78, 5) is 7.46. The van der Waals surface area contributed by atoms with Crippen molar-refractivity contribution in [2.24, 2.45) is 5.14 Å². The highest BCUT2D eigenvalue weighted by atomic mass is 79.9. The van der Waals surface area contributed by atoms with Crippen molar-refractivity contribution in [1.82, 2.24) is 9.97 Å². The van der Waals surface area contributed by atoms with E-state index >= 15 is 0 Å². The number of rotatable bonds is 4. The number of sulfonamides is 1. The fraction of sp³-hybridized carbons (Fsp3) is 0.333. The molecule has 5 nitrogen and oxygen atoms in total. The molecule has 2 N–H and O–H groups in total. The minimum Gasteiger partial charge on any atom is -0.237 e. The molecule has 0 fully saturated rings. The second-order valence-corrected chi connectivity index (χ2v) is 6.15. The first-order valence-electron chi connectivity index (χ1n) is 4.50. The van der Waals surface area contributed by atoms with Crippen LogP contribution in [0, 0.1) is 0 Å². The zero-order valence-corrected chi connectivity index (χ0v) is 11.4. The Balaban J connectivity index is 3.26. The Kier molecular flexibility index (Phi) is 4.00. The van der Waals surface area contributed by atoms with Crippen molar-refractivity contribution in [3.63, 3.8) is 0 Å². The second-order valence-electron chi connectivity index (χ2n) is 3.55. The summed E-state index contributed by atoms with van der Waals surface area (Å²) >= 11 is 3.10. The molecule has 0 aliphatic heterocycles. The number of nitrogens with two attached hydrogens (primary N) is 1. The standard InChI is InChI=1S/C9H11BrFN3O2S/c1-3-7(17(12,15)16)9(2,11)8-13-4-6(10)5-14-8/h3-5,7H,1H2,2H3,(H2,12,15,16)/t7-,9+/m1/s1. The topological polar surface area (TPSA) is 85.9 Å². The minimum absolute atomic E-state index is 0.264. The molecule has 0 amide bonds. The number of hydrogen-bond donors (Lipinski definition) is 1. The number of hydrogen-bond acceptors (Lipinski definition) is 4. The van der Waals surface area contributed by atoms with E-state index in [-0.39, 0.29) is 5.82 Å². The first kappa shape index (κ1) is 14.2. The molecule has 0 radical (unpaired) electrons. The third kappa shape index (κ3) is 3.08. The van der Waals surface area contributed by atoms with E-state index in [0.29, 0.717) is 4.47 Å². The maximum atomic E-state index is 14.4. The number of primary sulfonamides is 1. The molecule has 0 saturated heterocycles. The highest BCUT2D eigenvalue weighted by molar-refractivity contribution is 9.10. The van der Waals surface area contributed by atoms with Gasteiger partial charge < -0.3 is 0 Å². The summed E-state index contributed by atoms with van der Waals surface area (Å²) in [5.41, 5.74) is -2.34. The highest BCUT2D eigenvalue weighted by Crippen LogP contribution is 2.30. The lowest BCUT2D eigenvalue weighted by atomic mass is 10.0. The van der Waals surface area contributed by atoms with Crippen molar-refractivity contribution >= 4 is 26.0 Å². The second kappa shape index (κ2) is 4.79. The van der Waals surface area contributed by atoms with E-state index in [0.717, 1.165) is 13.0 Å². The molecule has 0 aliphatic rings. The summed E-state index contributed by atoms with van der Waals surface area (Å²) < 4.78 is 37.5. The molecule has 8 heteroatoms. The summed E-state index contributed by atoms with van der Waals surface area (Å²) in [5, 5.41) is 3.34. The predicted octanol–water partition coefficient (Wildman–Crippen LogP) is 1.27. The van der Waals surface area contributed by atoms with Crippen molar-refractivity contribution in [3.8, 4) is 0 Å². The van der Waals surface area contributed by atoms with Gasteiger partial charge in [-0.05, 0) is 22.9 Å². The van der Waals surface area contributed by atoms with Gasteiger partial charge >= 0.3 is 0 Å². The number of nitrogens with zero attached hydrogens (tertiary/aromatic N) is 2. The van der Waals surface area contributed by atoms with E-state index < -0.39 is 20.9 Å². The molecule has 0 spiro atoms. The monoisotopic (exact) mass is 323 g/mol. The van der Waals surface area contributed by atoms with Crippen LogP contribution in [-0.2, 0) is 15.7 Å². The van der Waals surface area contributed by atoms with Crippen molar-refractivity contribution in [3.05, 3.63) is 35.3 Å². The van der Waals surface area contributed by atoms with Gasteiger partial charge in [-0.2, -0.15) is 0 Å². The number of aromatic nitrogens is 2. The summed E-state index contributed by atoms with van der Waals surface area (Å²) in [7, 11) is -4.12. The van der Waals surface area contributed by atoms with Crippen LogP contribution in [0.25, 0.3) is 0 Å². The van der Waals surface area contributed by atoms with E-state index in [4.69, 9.17) is 5.14 Å². The summed E-state index contributed by atoms with van der Waals surface area (Å²) in [6, 6.07) is 0. The molecular weight excluding hydrogens is 313 g/mol. The van der Waals surface area contributed by atoms with E-state index in [9.17, 15) is 12.8 Å². The van der Waals surface area contributed by atoms with Crippen LogP contribution in [0.3, 0.4) is 0 Å². The lowest BCUT2D eigenvalue weighted by Gasteiger charge is -2.24. The number of alkyl halides is 1.